The Morgan fingerprint density at radius 3 is 2.85 bits per heavy atom. The van der Waals surface area contributed by atoms with Crippen molar-refractivity contribution < 1.29 is 9.53 Å². The van der Waals surface area contributed by atoms with Gasteiger partial charge in [-0.15, -0.1) is 11.6 Å². The standard InChI is InChI=1S/C9H8ClIO2/c1-13-9(12)8(10)6-3-2-4-7(11)5-6/h2-5,8H,1H3. The van der Waals surface area contributed by atoms with E-state index in [0.717, 1.165) is 9.13 Å². The molecule has 0 aromatic heterocycles. The number of hydrogen-bond donors (Lipinski definition) is 0. The van der Waals surface area contributed by atoms with Gasteiger partial charge in [-0.1, -0.05) is 12.1 Å². The first-order valence-electron chi connectivity index (χ1n) is 3.62. The lowest BCUT2D eigenvalue weighted by Gasteiger charge is -2.07. The molecule has 0 saturated heterocycles. The van der Waals surface area contributed by atoms with E-state index in [1.807, 2.05) is 18.2 Å². The second kappa shape index (κ2) is 4.81. The van der Waals surface area contributed by atoms with Crippen molar-refractivity contribution in [2.45, 2.75) is 5.38 Å². The van der Waals surface area contributed by atoms with Crippen LogP contribution >= 0.6 is 34.2 Å². The number of halogens is 2. The second-order valence-corrected chi connectivity index (χ2v) is 4.12. The Hall–Kier alpha value is -0.290. The monoisotopic (exact) mass is 310 g/mol. The number of ether oxygens (including phenoxy) is 1. The van der Waals surface area contributed by atoms with Gasteiger partial charge in [0.2, 0.25) is 0 Å². The normalized spacial score (nSPS) is 12.2. The van der Waals surface area contributed by atoms with Crippen molar-refractivity contribution in [3.63, 3.8) is 0 Å². The van der Waals surface area contributed by atoms with Crippen LogP contribution in [-0.4, -0.2) is 13.1 Å². The third kappa shape index (κ3) is 2.84. The van der Waals surface area contributed by atoms with E-state index in [1.165, 1.54) is 7.11 Å². The molecule has 0 N–H and O–H groups in total. The number of esters is 1. The Balaban J connectivity index is 2.88. The molecule has 4 heteroatoms. The van der Waals surface area contributed by atoms with Crippen LogP contribution in [0, 0.1) is 3.57 Å². The maximum Gasteiger partial charge on any atom is 0.328 e. The Labute approximate surface area is 95.4 Å². The highest BCUT2D eigenvalue weighted by molar-refractivity contribution is 14.1. The SMILES string of the molecule is COC(=O)C(Cl)c1cccc(I)c1. The maximum atomic E-state index is 11.1. The average Bonchev–Trinajstić information content (AvgIpc) is 2.15. The summed E-state index contributed by atoms with van der Waals surface area (Å²) in [5, 5.41) is -0.709. The molecule has 1 unspecified atom stereocenters. The van der Waals surface area contributed by atoms with Crippen LogP contribution in [-0.2, 0) is 9.53 Å². The quantitative estimate of drug-likeness (QED) is 0.477. The van der Waals surface area contributed by atoms with Gasteiger partial charge in [0.15, 0.2) is 5.38 Å². The van der Waals surface area contributed by atoms with Crippen molar-refractivity contribution in [2.24, 2.45) is 0 Å². The molecule has 0 fully saturated rings. The molecule has 0 aliphatic carbocycles. The molecule has 0 bridgehead atoms. The van der Waals surface area contributed by atoms with Gasteiger partial charge >= 0.3 is 5.97 Å². The van der Waals surface area contributed by atoms with E-state index in [0.29, 0.717) is 0 Å². The zero-order valence-electron chi connectivity index (χ0n) is 6.96. The molecule has 0 spiro atoms. The van der Waals surface area contributed by atoms with Gasteiger partial charge in [-0.25, -0.2) is 0 Å². The topological polar surface area (TPSA) is 26.3 Å². The van der Waals surface area contributed by atoms with Gasteiger partial charge in [0.05, 0.1) is 7.11 Å². The van der Waals surface area contributed by atoms with Crippen LogP contribution in [0.4, 0.5) is 0 Å². The summed E-state index contributed by atoms with van der Waals surface area (Å²) in [6, 6.07) is 7.45. The first kappa shape index (κ1) is 10.8. The van der Waals surface area contributed by atoms with Gasteiger partial charge in [-0.05, 0) is 40.3 Å². The minimum Gasteiger partial charge on any atom is -0.468 e. The first-order chi connectivity index (χ1) is 6.15. The lowest BCUT2D eigenvalue weighted by Crippen LogP contribution is -2.08. The Bertz CT molecular complexity index is 314. The number of rotatable bonds is 2. The summed E-state index contributed by atoms with van der Waals surface area (Å²) in [6.07, 6.45) is 0. The molecule has 0 heterocycles. The van der Waals surface area contributed by atoms with Gasteiger partial charge in [0.25, 0.3) is 0 Å². The molecule has 2 nitrogen and oxygen atoms in total. The Kier molecular flexibility index (Phi) is 3.99. The smallest absolute Gasteiger partial charge is 0.328 e. The lowest BCUT2D eigenvalue weighted by molar-refractivity contribution is -0.140. The summed E-state index contributed by atoms with van der Waals surface area (Å²) in [6.45, 7) is 0. The zero-order valence-corrected chi connectivity index (χ0v) is 9.87. The van der Waals surface area contributed by atoms with Gasteiger partial charge in [0, 0.05) is 3.57 Å². The van der Waals surface area contributed by atoms with Crippen LogP contribution < -0.4 is 0 Å². The highest BCUT2D eigenvalue weighted by Gasteiger charge is 2.17. The molecule has 70 valence electrons. The molecule has 0 saturated carbocycles. The van der Waals surface area contributed by atoms with Crippen LogP contribution in [0.15, 0.2) is 24.3 Å². The number of hydrogen-bond acceptors (Lipinski definition) is 2. The molecule has 1 aromatic rings. The van der Waals surface area contributed by atoms with Crippen molar-refractivity contribution in [2.75, 3.05) is 7.11 Å². The van der Waals surface area contributed by atoms with Crippen molar-refractivity contribution in [1.29, 1.82) is 0 Å². The minimum atomic E-state index is -0.709. The fourth-order valence-electron chi connectivity index (χ4n) is 0.904. The number of benzene rings is 1. The molecule has 0 aliphatic heterocycles. The minimum absolute atomic E-state index is 0.427. The molecule has 0 radical (unpaired) electrons. The van der Waals surface area contributed by atoms with Crippen molar-refractivity contribution in [3.8, 4) is 0 Å². The van der Waals surface area contributed by atoms with E-state index in [9.17, 15) is 4.79 Å². The van der Waals surface area contributed by atoms with Crippen molar-refractivity contribution >= 4 is 40.2 Å². The molecule has 1 rings (SSSR count). The number of methoxy groups -OCH3 is 1. The molecule has 13 heavy (non-hydrogen) atoms. The van der Waals surface area contributed by atoms with Crippen LogP contribution in [0.5, 0.6) is 0 Å². The fourth-order valence-corrected chi connectivity index (χ4v) is 1.70. The highest BCUT2D eigenvalue weighted by atomic mass is 127. The van der Waals surface area contributed by atoms with E-state index in [-0.39, 0.29) is 0 Å². The van der Waals surface area contributed by atoms with Gasteiger partial charge in [-0.3, -0.25) is 4.79 Å². The summed E-state index contributed by atoms with van der Waals surface area (Å²) in [5.41, 5.74) is 0.764. The van der Waals surface area contributed by atoms with E-state index >= 15 is 0 Å². The van der Waals surface area contributed by atoms with Crippen molar-refractivity contribution in [3.05, 3.63) is 33.4 Å². The van der Waals surface area contributed by atoms with E-state index < -0.39 is 11.3 Å². The number of alkyl halides is 1. The predicted octanol–water partition coefficient (Wildman–Crippen LogP) is 2.74. The first-order valence-corrected chi connectivity index (χ1v) is 5.14. The number of carbonyl (C=O) groups is 1. The molecule has 1 aromatic carbocycles. The molecule has 0 aliphatic rings. The highest BCUT2D eigenvalue weighted by Crippen LogP contribution is 2.22. The predicted molar refractivity (Wildman–Crippen MR) is 59.8 cm³/mol. The molecular formula is C9H8ClIO2. The summed E-state index contributed by atoms with van der Waals surface area (Å²) < 4.78 is 5.58. The Morgan fingerprint density at radius 1 is 1.62 bits per heavy atom. The fraction of sp³-hybridized carbons (Fsp3) is 0.222. The van der Waals surface area contributed by atoms with Gasteiger partial charge < -0.3 is 4.74 Å². The summed E-state index contributed by atoms with van der Waals surface area (Å²) in [7, 11) is 1.33. The second-order valence-electron chi connectivity index (χ2n) is 2.44. The zero-order chi connectivity index (χ0) is 9.84. The van der Waals surface area contributed by atoms with Crippen molar-refractivity contribution in [1.82, 2.24) is 0 Å². The third-order valence-electron chi connectivity index (χ3n) is 1.55. The molecule has 0 amide bonds. The lowest BCUT2D eigenvalue weighted by atomic mass is 10.1. The van der Waals surface area contributed by atoms with E-state index in [2.05, 4.69) is 27.3 Å². The van der Waals surface area contributed by atoms with Gasteiger partial charge in [0.1, 0.15) is 0 Å². The number of carbonyl (C=O) groups excluding carboxylic acids is 1. The van der Waals surface area contributed by atoms with Crippen LogP contribution in [0.25, 0.3) is 0 Å². The van der Waals surface area contributed by atoms with E-state index in [4.69, 9.17) is 11.6 Å². The van der Waals surface area contributed by atoms with Gasteiger partial charge in [-0.2, -0.15) is 0 Å². The summed E-state index contributed by atoms with van der Waals surface area (Å²) in [4.78, 5) is 11.1. The molecular weight excluding hydrogens is 302 g/mol. The molecule has 1 atom stereocenters. The van der Waals surface area contributed by atoms with Crippen LogP contribution in [0.2, 0.25) is 0 Å². The maximum absolute atomic E-state index is 11.1. The largest absolute Gasteiger partial charge is 0.468 e. The summed E-state index contributed by atoms with van der Waals surface area (Å²) in [5.74, 6) is -0.427. The van der Waals surface area contributed by atoms with Crippen LogP contribution in [0.3, 0.4) is 0 Å². The third-order valence-corrected chi connectivity index (χ3v) is 2.65. The average molecular weight is 311 g/mol. The van der Waals surface area contributed by atoms with Crippen LogP contribution in [0.1, 0.15) is 10.9 Å². The Morgan fingerprint density at radius 2 is 2.31 bits per heavy atom. The summed E-state index contributed by atoms with van der Waals surface area (Å²) >= 11 is 8.01. The van der Waals surface area contributed by atoms with E-state index in [1.54, 1.807) is 6.07 Å².